The molecule has 1 aliphatic heterocycles. The molecule has 0 radical (unpaired) electrons. The van der Waals surface area contributed by atoms with Crippen LogP contribution in [-0.4, -0.2) is 50.8 Å². The van der Waals surface area contributed by atoms with E-state index in [-0.39, 0.29) is 10.9 Å². The SMILES string of the molecule is NC1CCN(S(=O)(=O)c2cccc(COCC(F)(F)C(F)F)c2)CC1. The second-order valence-corrected chi connectivity index (χ2v) is 7.88. The van der Waals surface area contributed by atoms with E-state index >= 15 is 0 Å². The van der Waals surface area contributed by atoms with Crippen LogP contribution in [0, 0.1) is 0 Å². The minimum Gasteiger partial charge on any atom is -0.370 e. The largest absolute Gasteiger partial charge is 0.370 e. The van der Waals surface area contributed by atoms with Crippen molar-refractivity contribution in [3.63, 3.8) is 0 Å². The molecule has 2 N–H and O–H groups in total. The first-order chi connectivity index (χ1) is 11.6. The monoisotopic (exact) mass is 384 g/mol. The predicted molar refractivity (Wildman–Crippen MR) is 83.0 cm³/mol. The fraction of sp³-hybridized carbons (Fsp3) is 0.600. The summed E-state index contributed by atoms with van der Waals surface area (Å²) in [5.74, 6) is -4.24. The lowest BCUT2D eigenvalue weighted by molar-refractivity contribution is -0.168. The van der Waals surface area contributed by atoms with E-state index in [2.05, 4.69) is 4.74 Å². The van der Waals surface area contributed by atoms with E-state index in [0.29, 0.717) is 31.5 Å². The first-order valence-corrected chi connectivity index (χ1v) is 9.15. The number of halogens is 4. The van der Waals surface area contributed by atoms with Crippen LogP contribution in [0.5, 0.6) is 0 Å². The zero-order chi connectivity index (χ0) is 18.7. The molecule has 0 spiro atoms. The van der Waals surface area contributed by atoms with Crippen molar-refractivity contribution in [1.29, 1.82) is 0 Å². The number of sulfonamides is 1. The number of rotatable bonds is 7. The fourth-order valence-electron chi connectivity index (χ4n) is 2.43. The average molecular weight is 384 g/mol. The van der Waals surface area contributed by atoms with Crippen molar-refractivity contribution >= 4 is 10.0 Å². The Kier molecular flexibility index (Phi) is 6.41. The number of piperidine rings is 1. The molecule has 5 nitrogen and oxygen atoms in total. The van der Waals surface area contributed by atoms with Crippen LogP contribution in [-0.2, 0) is 21.4 Å². The highest BCUT2D eigenvalue weighted by Crippen LogP contribution is 2.24. The third-order valence-corrected chi connectivity index (χ3v) is 5.81. The van der Waals surface area contributed by atoms with E-state index in [9.17, 15) is 26.0 Å². The number of nitrogens with zero attached hydrogens (tertiary/aromatic N) is 1. The molecule has 1 aliphatic rings. The van der Waals surface area contributed by atoms with Gasteiger partial charge in [-0.15, -0.1) is 0 Å². The number of hydrogen-bond donors (Lipinski definition) is 1. The maximum atomic E-state index is 12.8. The van der Waals surface area contributed by atoms with Crippen molar-refractivity contribution in [3.05, 3.63) is 29.8 Å². The number of alkyl halides is 4. The minimum absolute atomic E-state index is 0.00434. The lowest BCUT2D eigenvalue weighted by atomic mass is 10.1. The highest BCUT2D eigenvalue weighted by atomic mass is 32.2. The molecule has 0 aromatic heterocycles. The predicted octanol–water partition coefficient (Wildman–Crippen LogP) is 2.22. The van der Waals surface area contributed by atoms with Gasteiger partial charge in [-0.3, -0.25) is 0 Å². The lowest BCUT2D eigenvalue weighted by Crippen LogP contribution is -2.42. The van der Waals surface area contributed by atoms with Crippen molar-refractivity contribution in [2.24, 2.45) is 5.73 Å². The van der Waals surface area contributed by atoms with Crippen LogP contribution >= 0.6 is 0 Å². The Bertz CT molecular complexity index is 677. The van der Waals surface area contributed by atoms with Gasteiger partial charge < -0.3 is 10.5 Å². The zero-order valence-electron chi connectivity index (χ0n) is 13.4. The molecule has 0 amide bonds. The van der Waals surface area contributed by atoms with Gasteiger partial charge in [-0.1, -0.05) is 12.1 Å². The van der Waals surface area contributed by atoms with E-state index < -0.39 is 35.6 Å². The molecule has 142 valence electrons. The summed E-state index contributed by atoms with van der Waals surface area (Å²) in [5.41, 5.74) is 6.07. The molecule has 1 fully saturated rings. The van der Waals surface area contributed by atoms with Gasteiger partial charge >= 0.3 is 12.3 Å². The highest BCUT2D eigenvalue weighted by Gasteiger charge is 2.41. The Morgan fingerprint density at radius 1 is 1.28 bits per heavy atom. The van der Waals surface area contributed by atoms with Crippen molar-refractivity contribution in [2.75, 3.05) is 19.7 Å². The summed E-state index contributed by atoms with van der Waals surface area (Å²) in [6.07, 6.45) is -2.69. The Morgan fingerprint density at radius 3 is 2.52 bits per heavy atom. The summed E-state index contributed by atoms with van der Waals surface area (Å²) >= 11 is 0. The van der Waals surface area contributed by atoms with Gasteiger partial charge in [0, 0.05) is 19.1 Å². The molecule has 1 aromatic rings. The van der Waals surface area contributed by atoms with Crippen LogP contribution in [0.1, 0.15) is 18.4 Å². The molecule has 10 heteroatoms. The quantitative estimate of drug-likeness (QED) is 0.732. The number of benzene rings is 1. The smallest absolute Gasteiger partial charge is 0.330 e. The first kappa shape index (κ1) is 20.1. The Hall–Kier alpha value is -1.23. The maximum absolute atomic E-state index is 12.8. The summed E-state index contributed by atoms with van der Waals surface area (Å²) < 4.78 is 80.9. The molecule has 0 aliphatic carbocycles. The van der Waals surface area contributed by atoms with E-state index in [1.54, 1.807) is 0 Å². The molecule has 1 saturated heterocycles. The zero-order valence-corrected chi connectivity index (χ0v) is 14.2. The van der Waals surface area contributed by atoms with Crippen molar-refractivity contribution in [3.8, 4) is 0 Å². The summed E-state index contributed by atoms with van der Waals surface area (Å²) in [7, 11) is -3.72. The molecule has 25 heavy (non-hydrogen) atoms. The van der Waals surface area contributed by atoms with Crippen LogP contribution in [0.4, 0.5) is 17.6 Å². The standard InChI is InChI=1S/C15H20F4N2O3S/c16-14(17)15(18,19)10-24-9-11-2-1-3-13(8-11)25(22,23)21-6-4-12(20)5-7-21/h1-3,8,12,14H,4-7,9-10,20H2. The maximum Gasteiger partial charge on any atom is 0.330 e. The third-order valence-electron chi connectivity index (χ3n) is 3.92. The van der Waals surface area contributed by atoms with Gasteiger partial charge in [0.25, 0.3) is 0 Å². The molecule has 2 rings (SSSR count). The Balaban J connectivity index is 2.03. The van der Waals surface area contributed by atoms with Crippen molar-refractivity contribution < 1.29 is 30.7 Å². The minimum atomic E-state index is -4.24. The molecular formula is C15H20F4N2O3S. The molecule has 0 bridgehead atoms. The summed E-state index contributed by atoms with van der Waals surface area (Å²) in [6.45, 7) is -1.21. The van der Waals surface area contributed by atoms with Crippen LogP contribution in [0.15, 0.2) is 29.2 Å². The highest BCUT2D eigenvalue weighted by molar-refractivity contribution is 7.89. The summed E-state index contributed by atoms with van der Waals surface area (Å²) in [5, 5.41) is 0. The molecule has 0 atom stereocenters. The van der Waals surface area contributed by atoms with Gasteiger partial charge in [0.2, 0.25) is 10.0 Å². The average Bonchev–Trinajstić information content (AvgIpc) is 2.55. The van der Waals surface area contributed by atoms with E-state index in [4.69, 9.17) is 5.73 Å². The molecule has 0 saturated carbocycles. The number of ether oxygens (including phenoxy) is 1. The Morgan fingerprint density at radius 2 is 1.92 bits per heavy atom. The molecule has 1 aromatic carbocycles. The summed E-state index contributed by atoms with van der Waals surface area (Å²) in [4.78, 5) is 0.00434. The molecule has 0 unspecified atom stereocenters. The summed E-state index contributed by atoms with van der Waals surface area (Å²) in [6, 6.07) is 5.59. The first-order valence-electron chi connectivity index (χ1n) is 7.71. The molecular weight excluding hydrogens is 364 g/mol. The van der Waals surface area contributed by atoms with Crippen LogP contribution in [0.25, 0.3) is 0 Å². The van der Waals surface area contributed by atoms with Gasteiger partial charge in [-0.2, -0.15) is 13.1 Å². The fourth-order valence-corrected chi connectivity index (χ4v) is 3.97. The lowest BCUT2D eigenvalue weighted by Gasteiger charge is -2.29. The third kappa shape index (κ3) is 5.13. The second kappa shape index (κ2) is 7.98. The van der Waals surface area contributed by atoms with Gasteiger partial charge in [-0.05, 0) is 30.5 Å². The van der Waals surface area contributed by atoms with Crippen LogP contribution < -0.4 is 5.73 Å². The normalized spacial score (nSPS) is 18.0. The van der Waals surface area contributed by atoms with Gasteiger partial charge in [0.1, 0.15) is 6.61 Å². The number of hydrogen-bond acceptors (Lipinski definition) is 4. The topological polar surface area (TPSA) is 72.6 Å². The van der Waals surface area contributed by atoms with Gasteiger partial charge in [0.05, 0.1) is 11.5 Å². The number of nitrogens with two attached hydrogens (primary N) is 1. The Labute approximate surface area is 143 Å². The van der Waals surface area contributed by atoms with Gasteiger partial charge in [0.15, 0.2) is 0 Å². The van der Waals surface area contributed by atoms with Crippen LogP contribution in [0.3, 0.4) is 0 Å². The second-order valence-electron chi connectivity index (χ2n) is 5.94. The van der Waals surface area contributed by atoms with E-state index in [0.717, 1.165) is 0 Å². The van der Waals surface area contributed by atoms with Crippen LogP contribution in [0.2, 0.25) is 0 Å². The van der Waals surface area contributed by atoms with Crippen molar-refractivity contribution in [1.82, 2.24) is 4.31 Å². The van der Waals surface area contributed by atoms with Crippen molar-refractivity contribution in [2.45, 2.75) is 42.7 Å². The van der Waals surface area contributed by atoms with E-state index in [1.807, 2.05) is 0 Å². The van der Waals surface area contributed by atoms with Gasteiger partial charge in [-0.25, -0.2) is 17.2 Å². The molecule has 1 heterocycles. The van der Waals surface area contributed by atoms with E-state index in [1.165, 1.54) is 28.6 Å².